The number of anilines is 1. The van der Waals surface area contributed by atoms with Gasteiger partial charge in [0.25, 0.3) is 0 Å². The Kier molecular flexibility index (Phi) is 2.76. The maximum atomic E-state index is 4.21. The van der Waals surface area contributed by atoms with Crippen molar-refractivity contribution in [2.45, 2.75) is 0 Å². The molecule has 1 N–H and O–H groups in total. The summed E-state index contributed by atoms with van der Waals surface area (Å²) >= 11 is 1.62. The fraction of sp³-hybridized carbons (Fsp3) is 0. The van der Waals surface area contributed by atoms with Crippen LogP contribution in [0, 0.1) is 6.54 Å². The monoisotopic (exact) mass is 239 g/mol. The second-order valence-corrected chi connectivity index (χ2v) is 4.61. The highest BCUT2D eigenvalue weighted by Crippen LogP contribution is 2.23. The van der Waals surface area contributed by atoms with Crippen molar-refractivity contribution in [1.29, 1.82) is 0 Å². The first-order chi connectivity index (χ1) is 8.43. The summed E-state index contributed by atoms with van der Waals surface area (Å²) in [5.41, 5.74) is 1.11. The lowest BCUT2D eigenvalue weighted by molar-refractivity contribution is 1.29. The Hall–Kier alpha value is -1.87. The van der Waals surface area contributed by atoms with Gasteiger partial charge in [0.05, 0.1) is 0 Å². The number of aromatic nitrogens is 1. The van der Waals surface area contributed by atoms with Crippen molar-refractivity contribution in [3.05, 3.63) is 65.6 Å². The van der Waals surface area contributed by atoms with Crippen LogP contribution >= 0.6 is 11.3 Å². The van der Waals surface area contributed by atoms with Gasteiger partial charge >= 0.3 is 0 Å². The van der Waals surface area contributed by atoms with Crippen molar-refractivity contribution >= 4 is 27.8 Å². The van der Waals surface area contributed by atoms with Gasteiger partial charge in [-0.25, -0.2) is 4.98 Å². The number of nitrogens with zero attached hydrogens (tertiary/aromatic N) is 1. The summed E-state index contributed by atoms with van der Waals surface area (Å²) in [5.74, 6) is 0. The number of fused-ring (bicyclic) bond motifs is 1. The third-order valence-electron chi connectivity index (χ3n) is 2.59. The molecule has 1 aromatic heterocycles. The van der Waals surface area contributed by atoms with Crippen molar-refractivity contribution in [3.8, 4) is 0 Å². The highest BCUT2D eigenvalue weighted by molar-refractivity contribution is 7.09. The van der Waals surface area contributed by atoms with E-state index >= 15 is 0 Å². The fourth-order valence-electron chi connectivity index (χ4n) is 1.80. The topological polar surface area (TPSA) is 24.9 Å². The number of benzene rings is 2. The highest BCUT2D eigenvalue weighted by atomic mass is 32.1. The van der Waals surface area contributed by atoms with Crippen LogP contribution in [-0.2, 0) is 0 Å². The maximum absolute atomic E-state index is 4.21. The lowest BCUT2D eigenvalue weighted by Crippen LogP contribution is -1.96. The molecule has 0 unspecified atom stereocenters. The summed E-state index contributed by atoms with van der Waals surface area (Å²) in [7, 11) is 0. The van der Waals surface area contributed by atoms with E-state index in [-0.39, 0.29) is 0 Å². The van der Waals surface area contributed by atoms with E-state index in [1.54, 1.807) is 17.5 Å². The SMILES string of the molecule is [CH](Nc1cccc2ccccc12)c1nccs1. The zero-order valence-electron chi connectivity index (χ0n) is 9.13. The summed E-state index contributed by atoms with van der Waals surface area (Å²) in [5, 5.41) is 8.73. The average Bonchev–Trinajstić information content (AvgIpc) is 2.89. The van der Waals surface area contributed by atoms with E-state index in [1.807, 2.05) is 11.9 Å². The van der Waals surface area contributed by atoms with Crippen LogP contribution < -0.4 is 5.32 Å². The van der Waals surface area contributed by atoms with Crippen molar-refractivity contribution in [2.75, 3.05) is 5.32 Å². The smallest absolute Gasteiger partial charge is 0.117 e. The molecule has 2 aromatic carbocycles. The minimum absolute atomic E-state index is 0.984. The lowest BCUT2D eigenvalue weighted by atomic mass is 10.1. The predicted octanol–water partition coefficient (Wildman–Crippen LogP) is 3.92. The quantitative estimate of drug-likeness (QED) is 0.749. The Bertz CT molecular complexity index is 612. The van der Waals surface area contributed by atoms with Crippen LogP contribution in [0.25, 0.3) is 10.8 Å². The molecule has 0 amide bonds. The molecule has 0 aliphatic heterocycles. The zero-order chi connectivity index (χ0) is 11.5. The Labute approximate surface area is 104 Å². The van der Waals surface area contributed by atoms with Gasteiger partial charge in [-0.3, -0.25) is 0 Å². The van der Waals surface area contributed by atoms with Gasteiger partial charge in [0, 0.05) is 22.7 Å². The molecule has 0 fully saturated rings. The average molecular weight is 239 g/mol. The Morgan fingerprint density at radius 2 is 1.94 bits per heavy atom. The first-order valence-electron chi connectivity index (χ1n) is 5.40. The lowest BCUT2D eigenvalue weighted by Gasteiger charge is -2.07. The highest BCUT2D eigenvalue weighted by Gasteiger charge is 2.01. The number of hydrogen-bond donors (Lipinski definition) is 1. The summed E-state index contributed by atoms with van der Waals surface area (Å²) in [6.45, 7) is 1.94. The number of hydrogen-bond acceptors (Lipinski definition) is 3. The van der Waals surface area contributed by atoms with Crippen LogP contribution in [0.2, 0.25) is 0 Å². The van der Waals surface area contributed by atoms with Gasteiger partial charge < -0.3 is 5.32 Å². The minimum atomic E-state index is 0.984. The van der Waals surface area contributed by atoms with Gasteiger partial charge in [-0.1, -0.05) is 36.4 Å². The third kappa shape index (κ3) is 2.15. The van der Waals surface area contributed by atoms with Crippen molar-refractivity contribution < 1.29 is 0 Å². The van der Waals surface area contributed by atoms with E-state index < -0.39 is 0 Å². The van der Waals surface area contributed by atoms with Crippen LogP contribution in [0.4, 0.5) is 5.69 Å². The van der Waals surface area contributed by atoms with Crippen LogP contribution in [0.3, 0.4) is 0 Å². The molecule has 0 bridgehead atoms. The summed E-state index contributed by atoms with van der Waals surface area (Å²) in [4.78, 5) is 4.21. The van der Waals surface area contributed by atoms with Gasteiger partial charge in [-0.2, -0.15) is 0 Å². The van der Waals surface area contributed by atoms with Gasteiger partial charge in [-0.15, -0.1) is 11.3 Å². The first kappa shape index (κ1) is 10.3. The van der Waals surface area contributed by atoms with Crippen LogP contribution in [0.1, 0.15) is 5.01 Å². The summed E-state index contributed by atoms with van der Waals surface area (Å²) in [6.07, 6.45) is 1.81. The van der Waals surface area contributed by atoms with Gasteiger partial charge in [0.1, 0.15) is 11.6 Å². The maximum Gasteiger partial charge on any atom is 0.117 e. The molecule has 2 nitrogen and oxygen atoms in total. The van der Waals surface area contributed by atoms with Crippen molar-refractivity contribution in [1.82, 2.24) is 4.98 Å². The number of nitrogens with one attached hydrogen (secondary N) is 1. The molecule has 3 rings (SSSR count). The molecule has 0 saturated carbocycles. The molecule has 0 atom stereocenters. The second-order valence-electron chi connectivity index (χ2n) is 3.69. The molecule has 0 spiro atoms. The summed E-state index contributed by atoms with van der Waals surface area (Å²) < 4.78 is 0. The normalized spacial score (nSPS) is 10.6. The molecule has 0 aliphatic carbocycles. The molecule has 0 aliphatic rings. The minimum Gasteiger partial charge on any atom is -0.373 e. The van der Waals surface area contributed by atoms with E-state index in [9.17, 15) is 0 Å². The van der Waals surface area contributed by atoms with Gasteiger partial charge in [-0.05, 0) is 11.5 Å². The summed E-state index contributed by atoms with van der Waals surface area (Å²) in [6, 6.07) is 14.6. The van der Waals surface area contributed by atoms with Crippen molar-refractivity contribution in [3.63, 3.8) is 0 Å². The third-order valence-corrected chi connectivity index (χ3v) is 3.31. The molecule has 0 saturated heterocycles. The number of rotatable bonds is 3. The van der Waals surface area contributed by atoms with Gasteiger partial charge in [0.15, 0.2) is 0 Å². The van der Waals surface area contributed by atoms with E-state index in [4.69, 9.17) is 0 Å². The van der Waals surface area contributed by atoms with Crippen LogP contribution in [-0.4, -0.2) is 4.98 Å². The number of thiazole rings is 1. The molecular weight excluding hydrogens is 228 g/mol. The first-order valence-corrected chi connectivity index (χ1v) is 6.28. The zero-order valence-corrected chi connectivity index (χ0v) is 9.95. The van der Waals surface area contributed by atoms with Crippen LogP contribution in [0.15, 0.2) is 54.0 Å². The predicted molar refractivity (Wildman–Crippen MR) is 73.1 cm³/mol. The van der Waals surface area contributed by atoms with E-state index in [0.717, 1.165) is 10.7 Å². The van der Waals surface area contributed by atoms with Crippen molar-refractivity contribution in [2.24, 2.45) is 0 Å². The second kappa shape index (κ2) is 4.55. The van der Waals surface area contributed by atoms with E-state index in [0.29, 0.717) is 0 Å². The van der Waals surface area contributed by atoms with Gasteiger partial charge in [0.2, 0.25) is 0 Å². The molecular formula is C14H11N2S. The largest absolute Gasteiger partial charge is 0.373 e. The van der Waals surface area contributed by atoms with E-state index in [2.05, 4.69) is 52.8 Å². The molecule has 3 heteroatoms. The standard InChI is InChI=1S/C14H11N2S/c1-2-6-12-11(4-1)5-3-7-13(12)16-10-14-15-8-9-17-14/h1-10,16H. The molecule has 17 heavy (non-hydrogen) atoms. The van der Waals surface area contributed by atoms with E-state index in [1.165, 1.54) is 10.8 Å². The molecule has 1 radical (unpaired) electrons. The fourth-order valence-corrected chi connectivity index (χ4v) is 2.31. The Morgan fingerprint density at radius 3 is 2.82 bits per heavy atom. The molecule has 83 valence electrons. The Balaban J connectivity index is 1.90. The molecule has 3 aromatic rings. The van der Waals surface area contributed by atoms with Crippen LogP contribution in [0.5, 0.6) is 0 Å². The Morgan fingerprint density at radius 1 is 1.06 bits per heavy atom. The molecule has 1 heterocycles.